The van der Waals surface area contributed by atoms with Gasteiger partial charge in [-0.25, -0.2) is 0 Å². The molecule has 0 fully saturated rings. The van der Waals surface area contributed by atoms with Crippen molar-refractivity contribution in [2.24, 2.45) is 0 Å². The van der Waals surface area contributed by atoms with Gasteiger partial charge >= 0.3 is 0 Å². The van der Waals surface area contributed by atoms with E-state index >= 15 is 0 Å². The first-order valence-electron chi connectivity index (χ1n) is 4.51. The maximum Gasteiger partial charge on any atom is 0.120 e. The van der Waals surface area contributed by atoms with E-state index in [-0.39, 0.29) is 12.3 Å². The lowest BCUT2D eigenvalue weighted by Crippen LogP contribution is -2.04. The van der Waals surface area contributed by atoms with Gasteiger partial charge in [0.25, 0.3) is 0 Å². The fourth-order valence-electron chi connectivity index (χ4n) is 0.756. The SMILES string of the molecule is [2H]C([2H])([2H])NCc1ccccc1O. The smallest absolute Gasteiger partial charge is 0.120 e. The molecule has 0 amide bonds. The molecule has 10 heavy (non-hydrogen) atoms. The van der Waals surface area contributed by atoms with Crippen molar-refractivity contribution in [1.29, 1.82) is 0 Å². The molecular weight excluding hydrogens is 126 g/mol. The molecule has 2 nitrogen and oxygen atoms in total. The molecule has 54 valence electrons. The van der Waals surface area contributed by atoms with Crippen LogP contribution in [0.2, 0.25) is 0 Å². The van der Waals surface area contributed by atoms with E-state index in [1.54, 1.807) is 18.2 Å². The Hall–Kier alpha value is -1.02. The molecule has 0 saturated carbocycles. The standard InChI is InChI=1S/C8H11NO/c1-9-6-7-4-2-3-5-8(7)10/h2-5,9-10H,6H2,1H3/i1D3. The molecule has 0 unspecified atom stereocenters. The Kier molecular flexibility index (Phi) is 1.28. The summed E-state index contributed by atoms with van der Waals surface area (Å²) in [5.41, 5.74) is 0.582. The van der Waals surface area contributed by atoms with Crippen LogP contribution in [0.5, 0.6) is 5.75 Å². The largest absolute Gasteiger partial charge is 0.508 e. The van der Waals surface area contributed by atoms with Crippen LogP contribution in [0.25, 0.3) is 0 Å². The Labute approximate surface area is 64.7 Å². The van der Waals surface area contributed by atoms with Crippen LogP contribution in [0.15, 0.2) is 24.3 Å². The molecule has 0 aliphatic rings. The van der Waals surface area contributed by atoms with Crippen molar-refractivity contribution in [3.05, 3.63) is 29.8 Å². The lowest BCUT2D eigenvalue weighted by Gasteiger charge is -2.00. The summed E-state index contributed by atoms with van der Waals surface area (Å²) in [6.45, 7) is -2.02. The van der Waals surface area contributed by atoms with Gasteiger partial charge in [-0.2, -0.15) is 0 Å². The van der Waals surface area contributed by atoms with Crippen LogP contribution in [0, 0.1) is 0 Å². The Morgan fingerprint density at radius 3 is 3.10 bits per heavy atom. The average molecular weight is 140 g/mol. The first-order valence-corrected chi connectivity index (χ1v) is 3.01. The van der Waals surface area contributed by atoms with Gasteiger partial charge in [-0.3, -0.25) is 0 Å². The molecule has 0 spiro atoms. The van der Waals surface area contributed by atoms with Crippen LogP contribution in [0.4, 0.5) is 0 Å². The van der Waals surface area contributed by atoms with E-state index in [0.29, 0.717) is 5.56 Å². The number of rotatable bonds is 2. The predicted octanol–water partition coefficient (Wildman–Crippen LogP) is 1.11. The highest BCUT2D eigenvalue weighted by molar-refractivity contribution is 5.31. The molecule has 0 saturated heterocycles. The molecule has 0 aliphatic heterocycles. The van der Waals surface area contributed by atoms with Crippen LogP contribution in [0.3, 0.4) is 0 Å². The lowest BCUT2D eigenvalue weighted by atomic mass is 10.2. The molecule has 2 N–H and O–H groups in total. The van der Waals surface area contributed by atoms with E-state index in [1.165, 1.54) is 6.07 Å². The molecule has 1 rings (SSSR count). The molecule has 0 heterocycles. The van der Waals surface area contributed by atoms with Gasteiger partial charge < -0.3 is 10.4 Å². The van der Waals surface area contributed by atoms with E-state index < -0.39 is 6.98 Å². The van der Waals surface area contributed by atoms with Crippen molar-refractivity contribution < 1.29 is 9.22 Å². The zero-order chi connectivity index (χ0) is 9.90. The Bertz CT molecular complexity index is 285. The summed E-state index contributed by atoms with van der Waals surface area (Å²) in [6, 6.07) is 6.63. The van der Waals surface area contributed by atoms with Crippen LogP contribution >= 0.6 is 0 Å². The van der Waals surface area contributed by atoms with E-state index in [1.807, 2.05) is 0 Å². The fourth-order valence-corrected chi connectivity index (χ4v) is 0.756. The highest BCUT2D eigenvalue weighted by atomic mass is 16.3. The third-order valence-corrected chi connectivity index (χ3v) is 1.27. The summed E-state index contributed by atoms with van der Waals surface area (Å²) in [5.74, 6) is 0.110. The van der Waals surface area contributed by atoms with E-state index in [2.05, 4.69) is 5.32 Å². The predicted molar refractivity (Wildman–Crippen MR) is 40.9 cm³/mol. The molecule has 2 heteroatoms. The average Bonchev–Trinajstić information content (AvgIpc) is 2.01. The highest BCUT2D eigenvalue weighted by Gasteiger charge is 1.94. The minimum atomic E-state index is -2.16. The first-order chi connectivity index (χ1) is 5.99. The lowest BCUT2D eigenvalue weighted by molar-refractivity contribution is 0.466. The number of hydrogen-bond donors (Lipinski definition) is 2. The van der Waals surface area contributed by atoms with Crippen molar-refractivity contribution in [3.8, 4) is 5.75 Å². The quantitative estimate of drug-likeness (QED) is 0.645. The minimum absolute atomic E-state index is 0.110. The van der Waals surface area contributed by atoms with Gasteiger partial charge in [-0.1, -0.05) is 18.2 Å². The monoisotopic (exact) mass is 140 g/mol. The number of phenols is 1. The van der Waals surface area contributed by atoms with E-state index in [0.717, 1.165) is 0 Å². The Morgan fingerprint density at radius 2 is 2.40 bits per heavy atom. The second-order valence-corrected chi connectivity index (χ2v) is 1.98. The van der Waals surface area contributed by atoms with Gasteiger partial charge in [-0.15, -0.1) is 0 Å². The number of nitrogens with one attached hydrogen (secondary N) is 1. The number of para-hydroxylation sites is 1. The van der Waals surface area contributed by atoms with Crippen molar-refractivity contribution >= 4 is 0 Å². The maximum absolute atomic E-state index is 9.28. The molecule has 0 bridgehead atoms. The minimum Gasteiger partial charge on any atom is -0.508 e. The summed E-state index contributed by atoms with van der Waals surface area (Å²) in [5, 5.41) is 11.6. The van der Waals surface area contributed by atoms with Gasteiger partial charge in [0.1, 0.15) is 5.75 Å². The molecule has 0 atom stereocenters. The summed E-state index contributed by atoms with van der Waals surface area (Å²) in [7, 11) is 0. The zero-order valence-electron chi connectivity index (χ0n) is 8.46. The van der Waals surface area contributed by atoms with Gasteiger partial charge in [-0.05, 0) is 13.0 Å². The molecule has 1 aromatic rings. The Morgan fingerprint density at radius 1 is 1.60 bits per heavy atom. The number of aromatic hydroxyl groups is 1. The van der Waals surface area contributed by atoms with Crippen LogP contribution < -0.4 is 5.32 Å². The van der Waals surface area contributed by atoms with Crippen LogP contribution in [-0.4, -0.2) is 12.1 Å². The van der Waals surface area contributed by atoms with Gasteiger partial charge in [0.05, 0.1) is 0 Å². The topological polar surface area (TPSA) is 32.3 Å². The normalized spacial score (nSPS) is 15.4. The second kappa shape index (κ2) is 3.22. The van der Waals surface area contributed by atoms with Gasteiger partial charge in [0.2, 0.25) is 0 Å². The molecule has 0 radical (unpaired) electrons. The molecule has 0 aromatic heterocycles. The number of benzene rings is 1. The van der Waals surface area contributed by atoms with Gasteiger partial charge in [0.15, 0.2) is 0 Å². The Balaban J connectivity index is 2.60. The summed E-state index contributed by atoms with van der Waals surface area (Å²) >= 11 is 0. The zero-order valence-corrected chi connectivity index (χ0v) is 5.46. The molecule has 1 aromatic carbocycles. The van der Waals surface area contributed by atoms with Crippen molar-refractivity contribution in [2.75, 3.05) is 6.98 Å². The van der Waals surface area contributed by atoms with Gasteiger partial charge in [0, 0.05) is 16.2 Å². The van der Waals surface area contributed by atoms with Crippen molar-refractivity contribution in [1.82, 2.24) is 5.32 Å². The summed E-state index contributed by atoms with van der Waals surface area (Å²) < 4.78 is 20.7. The number of hydrogen-bond acceptors (Lipinski definition) is 2. The fraction of sp³-hybridized carbons (Fsp3) is 0.250. The van der Waals surface area contributed by atoms with E-state index in [9.17, 15) is 5.11 Å². The number of phenolic OH excluding ortho intramolecular Hbond substituents is 1. The van der Waals surface area contributed by atoms with Crippen LogP contribution in [0.1, 0.15) is 9.68 Å². The third kappa shape index (κ3) is 1.48. The highest BCUT2D eigenvalue weighted by Crippen LogP contribution is 2.14. The van der Waals surface area contributed by atoms with E-state index in [4.69, 9.17) is 4.11 Å². The summed E-state index contributed by atoms with van der Waals surface area (Å²) in [6.07, 6.45) is 0. The summed E-state index contributed by atoms with van der Waals surface area (Å²) in [4.78, 5) is 0. The molecular formula is C8H11NO. The second-order valence-electron chi connectivity index (χ2n) is 1.98. The molecule has 0 aliphatic carbocycles. The van der Waals surface area contributed by atoms with Crippen LogP contribution in [-0.2, 0) is 6.54 Å². The maximum atomic E-state index is 9.28. The first kappa shape index (κ1) is 3.98. The van der Waals surface area contributed by atoms with Crippen molar-refractivity contribution in [3.63, 3.8) is 0 Å². The third-order valence-electron chi connectivity index (χ3n) is 1.27. The van der Waals surface area contributed by atoms with Crippen molar-refractivity contribution in [2.45, 2.75) is 6.54 Å².